The Morgan fingerprint density at radius 1 is 1.05 bits per heavy atom. The lowest BCUT2D eigenvalue weighted by Gasteiger charge is -2.13. The summed E-state index contributed by atoms with van der Waals surface area (Å²) in [5.74, 6) is 1.81. The molecule has 0 saturated heterocycles. The molecule has 2 aromatic rings. The summed E-state index contributed by atoms with van der Waals surface area (Å²) < 4.78 is 15.9. The zero-order valence-corrected chi connectivity index (χ0v) is 11.8. The standard InChI is InChI=1S/C12H15N3O3S/c1-16-8-4-7(5-9(17-2)11(8)18-3)6-10-14-15-12(13)19-10/h4-5H,6H2,1-3H3,(H2,13,15). The number of hydrogen-bond donors (Lipinski definition) is 1. The average Bonchev–Trinajstić information content (AvgIpc) is 2.82. The van der Waals surface area contributed by atoms with Gasteiger partial charge in [-0.05, 0) is 17.7 Å². The van der Waals surface area contributed by atoms with Crippen molar-refractivity contribution in [2.75, 3.05) is 27.1 Å². The first kappa shape index (κ1) is 13.4. The van der Waals surface area contributed by atoms with Gasteiger partial charge in [-0.25, -0.2) is 0 Å². The van der Waals surface area contributed by atoms with Crippen molar-refractivity contribution in [3.05, 3.63) is 22.7 Å². The molecule has 0 aliphatic rings. The first-order chi connectivity index (χ1) is 9.17. The first-order valence-electron chi connectivity index (χ1n) is 5.54. The average molecular weight is 281 g/mol. The van der Waals surface area contributed by atoms with Gasteiger partial charge in [-0.1, -0.05) is 11.3 Å². The molecular weight excluding hydrogens is 266 g/mol. The van der Waals surface area contributed by atoms with E-state index in [2.05, 4.69) is 10.2 Å². The Morgan fingerprint density at radius 3 is 2.11 bits per heavy atom. The van der Waals surface area contributed by atoms with Crippen LogP contribution in [-0.2, 0) is 6.42 Å². The van der Waals surface area contributed by atoms with E-state index in [0.717, 1.165) is 10.6 Å². The second-order valence-corrected chi connectivity index (χ2v) is 4.84. The Labute approximate surface area is 115 Å². The number of ether oxygens (including phenoxy) is 3. The summed E-state index contributed by atoms with van der Waals surface area (Å²) in [5, 5.41) is 9.09. The molecule has 0 aliphatic heterocycles. The minimum atomic E-state index is 0.461. The summed E-state index contributed by atoms with van der Waals surface area (Å²) in [6, 6.07) is 3.78. The summed E-state index contributed by atoms with van der Waals surface area (Å²) in [4.78, 5) is 0. The lowest BCUT2D eigenvalue weighted by Crippen LogP contribution is -1.97. The van der Waals surface area contributed by atoms with Crippen molar-refractivity contribution in [2.45, 2.75) is 6.42 Å². The van der Waals surface area contributed by atoms with E-state index in [1.54, 1.807) is 21.3 Å². The predicted molar refractivity (Wildman–Crippen MR) is 73.2 cm³/mol. The van der Waals surface area contributed by atoms with Crippen LogP contribution in [-0.4, -0.2) is 31.5 Å². The van der Waals surface area contributed by atoms with Gasteiger partial charge in [0.05, 0.1) is 21.3 Å². The number of anilines is 1. The highest BCUT2D eigenvalue weighted by atomic mass is 32.1. The van der Waals surface area contributed by atoms with Gasteiger partial charge >= 0.3 is 0 Å². The molecule has 0 atom stereocenters. The second-order valence-electron chi connectivity index (χ2n) is 3.74. The van der Waals surface area contributed by atoms with E-state index >= 15 is 0 Å². The molecule has 6 nitrogen and oxygen atoms in total. The first-order valence-corrected chi connectivity index (χ1v) is 6.36. The fourth-order valence-electron chi connectivity index (χ4n) is 1.75. The molecule has 0 bridgehead atoms. The van der Waals surface area contributed by atoms with Crippen LogP contribution in [0.15, 0.2) is 12.1 Å². The zero-order chi connectivity index (χ0) is 13.8. The SMILES string of the molecule is COc1cc(Cc2nnc(N)s2)cc(OC)c1OC. The van der Waals surface area contributed by atoms with Crippen LogP contribution in [0.1, 0.15) is 10.6 Å². The number of hydrogen-bond acceptors (Lipinski definition) is 7. The van der Waals surface area contributed by atoms with Gasteiger partial charge in [-0.2, -0.15) is 0 Å². The number of nitrogen functional groups attached to an aromatic ring is 1. The summed E-state index contributed by atoms with van der Waals surface area (Å²) >= 11 is 1.36. The molecule has 0 aliphatic carbocycles. The minimum absolute atomic E-state index is 0.461. The molecule has 0 fully saturated rings. The molecule has 2 rings (SSSR count). The monoisotopic (exact) mass is 281 g/mol. The second kappa shape index (κ2) is 5.75. The summed E-state index contributed by atoms with van der Waals surface area (Å²) in [6.07, 6.45) is 0.617. The van der Waals surface area contributed by atoms with Crippen molar-refractivity contribution in [3.8, 4) is 17.2 Å². The molecule has 1 aromatic heterocycles. The lowest BCUT2D eigenvalue weighted by atomic mass is 10.1. The van der Waals surface area contributed by atoms with E-state index < -0.39 is 0 Å². The number of benzene rings is 1. The number of nitrogens with two attached hydrogens (primary N) is 1. The van der Waals surface area contributed by atoms with Crippen molar-refractivity contribution in [1.29, 1.82) is 0 Å². The third kappa shape index (κ3) is 2.87. The van der Waals surface area contributed by atoms with E-state index in [-0.39, 0.29) is 0 Å². The molecular formula is C12H15N3O3S. The molecule has 0 saturated carbocycles. The fourth-order valence-corrected chi connectivity index (χ4v) is 2.39. The molecule has 2 N–H and O–H groups in total. The van der Waals surface area contributed by atoms with Gasteiger partial charge in [0.25, 0.3) is 0 Å². The minimum Gasteiger partial charge on any atom is -0.493 e. The zero-order valence-electron chi connectivity index (χ0n) is 11.0. The molecule has 0 radical (unpaired) electrons. The van der Waals surface area contributed by atoms with Gasteiger partial charge in [0.2, 0.25) is 10.9 Å². The van der Waals surface area contributed by atoms with Crippen LogP contribution in [0.5, 0.6) is 17.2 Å². The van der Waals surface area contributed by atoms with Gasteiger partial charge in [0.1, 0.15) is 5.01 Å². The van der Waals surface area contributed by atoms with Crippen LogP contribution >= 0.6 is 11.3 Å². The van der Waals surface area contributed by atoms with Crippen molar-refractivity contribution in [2.24, 2.45) is 0 Å². The third-order valence-corrected chi connectivity index (χ3v) is 3.31. The summed E-state index contributed by atoms with van der Waals surface area (Å²) in [6.45, 7) is 0. The maximum absolute atomic E-state index is 5.57. The van der Waals surface area contributed by atoms with Crippen LogP contribution in [0.4, 0.5) is 5.13 Å². The molecule has 1 heterocycles. The van der Waals surface area contributed by atoms with Crippen LogP contribution in [0.25, 0.3) is 0 Å². The Balaban J connectivity index is 2.35. The number of nitrogens with zero attached hydrogens (tertiary/aromatic N) is 2. The van der Waals surface area contributed by atoms with Gasteiger partial charge < -0.3 is 19.9 Å². The maximum Gasteiger partial charge on any atom is 0.203 e. The number of methoxy groups -OCH3 is 3. The Kier molecular flexibility index (Phi) is 4.06. The normalized spacial score (nSPS) is 10.3. The highest BCUT2D eigenvalue weighted by molar-refractivity contribution is 7.15. The van der Waals surface area contributed by atoms with Crippen molar-refractivity contribution >= 4 is 16.5 Å². The predicted octanol–water partition coefficient (Wildman–Crippen LogP) is 1.74. The molecule has 0 unspecified atom stereocenters. The Morgan fingerprint density at radius 2 is 1.68 bits per heavy atom. The van der Waals surface area contributed by atoms with E-state index in [0.29, 0.717) is 28.8 Å². The molecule has 0 amide bonds. The van der Waals surface area contributed by atoms with Gasteiger partial charge in [-0.15, -0.1) is 10.2 Å². The molecule has 19 heavy (non-hydrogen) atoms. The molecule has 1 aromatic carbocycles. The smallest absolute Gasteiger partial charge is 0.203 e. The van der Waals surface area contributed by atoms with Crippen LogP contribution in [0.3, 0.4) is 0 Å². The van der Waals surface area contributed by atoms with Gasteiger partial charge in [-0.3, -0.25) is 0 Å². The highest BCUT2D eigenvalue weighted by Gasteiger charge is 2.14. The van der Waals surface area contributed by atoms with Crippen LogP contribution in [0, 0.1) is 0 Å². The fraction of sp³-hybridized carbons (Fsp3) is 0.333. The topological polar surface area (TPSA) is 79.5 Å². The van der Waals surface area contributed by atoms with Crippen LogP contribution < -0.4 is 19.9 Å². The van der Waals surface area contributed by atoms with Crippen molar-refractivity contribution in [3.63, 3.8) is 0 Å². The van der Waals surface area contributed by atoms with Gasteiger partial charge in [0.15, 0.2) is 11.5 Å². The Hall–Kier alpha value is -2.02. The Bertz CT molecular complexity index is 546. The maximum atomic E-state index is 5.57. The van der Waals surface area contributed by atoms with Crippen molar-refractivity contribution in [1.82, 2.24) is 10.2 Å². The largest absolute Gasteiger partial charge is 0.493 e. The van der Waals surface area contributed by atoms with Gasteiger partial charge in [0, 0.05) is 6.42 Å². The summed E-state index contributed by atoms with van der Waals surface area (Å²) in [5.41, 5.74) is 6.56. The highest BCUT2D eigenvalue weighted by Crippen LogP contribution is 2.38. The lowest BCUT2D eigenvalue weighted by molar-refractivity contribution is 0.324. The quantitative estimate of drug-likeness (QED) is 0.899. The van der Waals surface area contributed by atoms with E-state index in [9.17, 15) is 0 Å². The number of rotatable bonds is 5. The van der Waals surface area contributed by atoms with Crippen LogP contribution in [0.2, 0.25) is 0 Å². The third-order valence-electron chi connectivity index (χ3n) is 2.56. The van der Waals surface area contributed by atoms with E-state index in [4.69, 9.17) is 19.9 Å². The summed E-state index contributed by atoms with van der Waals surface area (Å²) in [7, 11) is 4.75. The number of aromatic nitrogens is 2. The van der Waals surface area contributed by atoms with Crippen molar-refractivity contribution < 1.29 is 14.2 Å². The van der Waals surface area contributed by atoms with E-state index in [1.165, 1.54) is 11.3 Å². The molecule has 102 valence electrons. The van der Waals surface area contributed by atoms with E-state index in [1.807, 2.05) is 12.1 Å². The molecule has 7 heteroatoms. The molecule has 0 spiro atoms.